The van der Waals surface area contributed by atoms with Gasteiger partial charge in [-0.1, -0.05) is 31.9 Å². The molecular formula is C13H12Br2N2O3S. The Balaban J connectivity index is 2.39. The number of ether oxygens (including phenoxy) is 1. The number of hydrogen-bond acceptors (Lipinski definition) is 4. The van der Waals surface area contributed by atoms with Gasteiger partial charge in [0, 0.05) is 15.0 Å². The minimum absolute atomic E-state index is 0.0182. The van der Waals surface area contributed by atoms with Crippen molar-refractivity contribution in [1.82, 2.24) is 0 Å². The number of rotatable bonds is 4. The van der Waals surface area contributed by atoms with E-state index in [0.717, 1.165) is 0 Å². The van der Waals surface area contributed by atoms with Crippen LogP contribution in [0.15, 0.2) is 50.2 Å². The van der Waals surface area contributed by atoms with E-state index in [4.69, 9.17) is 10.5 Å². The molecule has 0 unspecified atom stereocenters. The van der Waals surface area contributed by atoms with Crippen molar-refractivity contribution < 1.29 is 13.2 Å². The van der Waals surface area contributed by atoms with Crippen molar-refractivity contribution in [3.63, 3.8) is 0 Å². The third-order valence-corrected chi connectivity index (χ3v) is 5.03. The standard InChI is InChI=1S/C13H12Br2N2O3S/c1-20-11-5-9(15)4-10(7-11)17-21(18,19)13-3-2-8(14)6-12(13)16/h2-7,17H,16H2,1H3. The monoisotopic (exact) mass is 434 g/mol. The van der Waals surface area contributed by atoms with Crippen molar-refractivity contribution in [1.29, 1.82) is 0 Å². The molecule has 0 heterocycles. The Hall–Kier alpha value is -1.25. The van der Waals surface area contributed by atoms with Crippen molar-refractivity contribution >= 4 is 53.3 Å². The zero-order valence-corrected chi connectivity index (χ0v) is 14.9. The first kappa shape index (κ1) is 16.1. The van der Waals surface area contributed by atoms with Crippen LogP contribution in [0.2, 0.25) is 0 Å². The summed E-state index contributed by atoms with van der Waals surface area (Å²) in [6.45, 7) is 0. The summed E-state index contributed by atoms with van der Waals surface area (Å²) in [4.78, 5) is 0.0182. The summed E-state index contributed by atoms with van der Waals surface area (Å²) in [7, 11) is -2.27. The highest BCUT2D eigenvalue weighted by molar-refractivity contribution is 9.10. The Kier molecular flexibility index (Phi) is 4.80. The Labute approximate surface area is 139 Å². The lowest BCUT2D eigenvalue weighted by atomic mass is 10.3. The van der Waals surface area contributed by atoms with Crippen LogP contribution in [0.3, 0.4) is 0 Å². The lowest BCUT2D eigenvalue weighted by Gasteiger charge is -2.12. The fourth-order valence-electron chi connectivity index (χ4n) is 1.71. The summed E-state index contributed by atoms with van der Waals surface area (Å²) in [6, 6.07) is 9.54. The molecule has 0 saturated carbocycles. The molecule has 0 aliphatic heterocycles. The zero-order valence-electron chi connectivity index (χ0n) is 10.9. The van der Waals surface area contributed by atoms with Gasteiger partial charge in [-0.3, -0.25) is 4.72 Å². The quantitative estimate of drug-likeness (QED) is 0.718. The SMILES string of the molecule is COc1cc(Br)cc(NS(=O)(=O)c2ccc(Br)cc2N)c1. The Morgan fingerprint density at radius 3 is 2.43 bits per heavy atom. The molecule has 0 amide bonds. The highest BCUT2D eigenvalue weighted by atomic mass is 79.9. The molecular weight excluding hydrogens is 424 g/mol. The van der Waals surface area contributed by atoms with Crippen LogP contribution < -0.4 is 15.2 Å². The number of anilines is 2. The van der Waals surface area contributed by atoms with Crippen LogP contribution in [0.25, 0.3) is 0 Å². The predicted molar refractivity (Wildman–Crippen MR) is 90.1 cm³/mol. The molecule has 0 atom stereocenters. The average molecular weight is 436 g/mol. The van der Waals surface area contributed by atoms with Crippen molar-refractivity contribution in [2.24, 2.45) is 0 Å². The molecule has 0 aliphatic carbocycles. The maximum Gasteiger partial charge on any atom is 0.263 e. The molecule has 21 heavy (non-hydrogen) atoms. The van der Waals surface area contributed by atoms with Gasteiger partial charge in [0.1, 0.15) is 10.6 Å². The molecule has 5 nitrogen and oxygen atoms in total. The van der Waals surface area contributed by atoms with Crippen LogP contribution >= 0.6 is 31.9 Å². The van der Waals surface area contributed by atoms with Gasteiger partial charge < -0.3 is 10.5 Å². The van der Waals surface area contributed by atoms with E-state index in [-0.39, 0.29) is 10.6 Å². The predicted octanol–water partition coefficient (Wildman–Crippen LogP) is 3.60. The molecule has 0 bridgehead atoms. The second-order valence-electron chi connectivity index (χ2n) is 4.17. The molecule has 2 aromatic carbocycles. The zero-order chi connectivity index (χ0) is 15.6. The first-order valence-corrected chi connectivity index (χ1v) is 8.81. The number of methoxy groups -OCH3 is 1. The van der Waals surface area contributed by atoms with Gasteiger partial charge in [-0.25, -0.2) is 8.42 Å². The van der Waals surface area contributed by atoms with E-state index in [1.54, 1.807) is 24.3 Å². The van der Waals surface area contributed by atoms with E-state index < -0.39 is 10.0 Å². The Morgan fingerprint density at radius 1 is 1.10 bits per heavy atom. The van der Waals surface area contributed by atoms with E-state index in [0.29, 0.717) is 20.4 Å². The second kappa shape index (κ2) is 6.25. The lowest BCUT2D eigenvalue weighted by molar-refractivity contribution is 0.415. The number of halogens is 2. The van der Waals surface area contributed by atoms with Crippen LogP contribution in [0.4, 0.5) is 11.4 Å². The van der Waals surface area contributed by atoms with E-state index in [2.05, 4.69) is 36.6 Å². The normalized spacial score (nSPS) is 11.2. The molecule has 0 saturated heterocycles. The van der Waals surface area contributed by atoms with Gasteiger partial charge in [-0.15, -0.1) is 0 Å². The molecule has 0 radical (unpaired) electrons. The highest BCUT2D eigenvalue weighted by Gasteiger charge is 2.18. The summed E-state index contributed by atoms with van der Waals surface area (Å²) in [6.07, 6.45) is 0. The van der Waals surface area contributed by atoms with Crippen molar-refractivity contribution in [2.45, 2.75) is 4.90 Å². The molecule has 2 aromatic rings. The van der Waals surface area contributed by atoms with Gasteiger partial charge in [0.2, 0.25) is 0 Å². The first-order valence-electron chi connectivity index (χ1n) is 5.74. The van der Waals surface area contributed by atoms with Crippen LogP contribution in [0.1, 0.15) is 0 Å². The minimum atomic E-state index is -3.77. The van der Waals surface area contributed by atoms with E-state index in [1.807, 2.05) is 0 Å². The highest BCUT2D eigenvalue weighted by Crippen LogP contribution is 2.28. The third kappa shape index (κ3) is 3.90. The van der Waals surface area contributed by atoms with Gasteiger partial charge in [-0.2, -0.15) is 0 Å². The molecule has 3 N–H and O–H groups in total. The van der Waals surface area contributed by atoms with Crippen LogP contribution in [-0.4, -0.2) is 15.5 Å². The average Bonchev–Trinajstić information content (AvgIpc) is 2.36. The van der Waals surface area contributed by atoms with Gasteiger partial charge >= 0.3 is 0 Å². The van der Waals surface area contributed by atoms with Gasteiger partial charge in [-0.05, 0) is 30.3 Å². The molecule has 112 valence electrons. The lowest BCUT2D eigenvalue weighted by Crippen LogP contribution is -2.14. The van der Waals surface area contributed by atoms with Crippen molar-refractivity contribution in [2.75, 3.05) is 17.6 Å². The summed E-state index contributed by atoms with van der Waals surface area (Å²) >= 11 is 6.54. The van der Waals surface area contributed by atoms with Gasteiger partial charge in [0.15, 0.2) is 0 Å². The maximum atomic E-state index is 12.4. The van der Waals surface area contributed by atoms with Crippen LogP contribution in [0, 0.1) is 0 Å². The van der Waals surface area contributed by atoms with E-state index in [1.165, 1.54) is 19.2 Å². The third-order valence-electron chi connectivity index (χ3n) is 2.62. The van der Waals surface area contributed by atoms with Crippen LogP contribution in [-0.2, 0) is 10.0 Å². The molecule has 8 heteroatoms. The Morgan fingerprint density at radius 2 is 1.81 bits per heavy atom. The first-order chi connectivity index (χ1) is 9.81. The van der Waals surface area contributed by atoms with Gasteiger partial charge in [0.25, 0.3) is 10.0 Å². The summed E-state index contributed by atoms with van der Waals surface area (Å²) in [5.74, 6) is 0.533. The number of nitrogens with one attached hydrogen (secondary N) is 1. The van der Waals surface area contributed by atoms with E-state index in [9.17, 15) is 8.42 Å². The summed E-state index contributed by atoms with van der Waals surface area (Å²) in [5.41, 5.74) is 6.31. The number of hydrogen-bond donors (Lipinski definition) is 2. The number of sulfonamides is 1. The molecule has 0 spiro atoms. The largest absolute Gasteiger partial charge is 0.497 e. The number of nitrogens with two attached hydrogens (primary N) is 1. The van der Waals surface area contributed by atoms with Crippen LogP contribution in [0.5, 0.6) is 5.75 Å². The molecule has 0 fully saturated rings. The maximum absolute atomic E-state index is 12.4. The summed E-state index contributed by atoms with van der Waals surface area (Å²) < 4.78 is 33.7. The topological polar surface area (TPSA) is 81.4 Å². The fourth-order valence-corrected chi connectivity index (χ4v) is 3.72. The smallest absolute Gasteiger partial charge is 0.263 e. The van der Waals surface area contributed by atoms with Crippen molar-refractivity contribution in [3.05, 3.63) is 45.3 Å². The number of benzene rings is 2. The molecule has 0 aromatic heterocycles. The molecule has 2 rings (SSSR count). The number of nitrogen functional groups attached to an aromatic ring is 1. The molecule has 0 aliphatic rings. The summed E-state index contributed by atoms with van der Waals surface area (Å²) in [5, 5.41) is 0. The van der Waals surface area contributed by atoms with Crippen molar-refractivity contribution in [3.8, 4) is 5.75 Å². The second-order valence-corrected chi connectivity index (χ2v) is 7.65. The minimum Gasteiger partial charge on any atom is -0.497 e. The fraction of sp³-hybridized carbons (Fsp3) is 0.0769. The van der Waals surface area contributed by atoms with Gasteiger partial charge in [0.05, 0.1) is 18.5 Å². The Bertz CT molecular complexity index is 779. The van der Waals surface area contributed by atoms with E-state index >= 15 is 0 Å².